The third-order valence-electron chi connectivity index (χ3n) is 5.13. The molecular weight excluding hydrogens is 420 g/mol. The first-order valence-electron chi connectivity index (χ1n) is 10.0. The molecule has 164 valence electrons. The number of para-hydroxylation sites is 3. The fourth-order valence-electron chi connectivity index (χ4n) is 3.34. The summed E-state index contributed by atoms with van der Waals surface area (Å²) in [5, 5.41) is 8.39. The van der Waals surface area contributed by atoms with Crippen molar-refractivity contribution in [3.8, 4) is 5.75 Å². The zero-order valence-electron chi connectivity index (χ0n) is 17.2. The van der Waals surface area contributed by atoms with Gasteiger partial charge in [-0.05, 0) is 43.0 Å². The molecule has 0 aliphatic carbocycles. The van der Waals surface area contributed by atoms with E-state index in [1.807, 2.05) is 12.1 Å². The summed E-state index contributed by atoms with van der Waals surface area (Å²) in [5.41, 5.74) is 1.01. The Morgan fingerprint density at radius 2 is 1.61 bits per heavy atom. The van der Waals surface area contributed by atoms with Crippen molar-refractivity contribution in [1.82, 2.24) is 10.2 Å². The van der Waals surface area contributed by atoms with E-state index in [2.05, 4.69) is 16.0 Å². The van der Waals surface area contributed by atoms with Gasteiger partial charge >= 0.3 is 17.8 Å². The van der Waals surface area contributed by atoms with Gasteiger partial charge in [0.2, 0.25) is 0 Å². The molecule has 1 heterocycles. The van der Waals surface area contributed by atoms with Crippen molar-refractivity contribution in [2.45, 2.75) is 12.8 Å². The van der Waals surface area contributed by atoms with E-state index in [1.165, 1.54) is 0 Å². The van der Waals surface area contributed by atoms with Gasteiger partial charge in [-0.3, -0.25) is 9.59 Å². The van der Waals surface area contributed by atoms with Crippen LogP contribution in [0.15, 0.2) is 48.5 Å². The number of methoxy groups -OCH3 is 1. The lowest BCUT2D eigenvalue weighted by molar-refractivity contribution is -0.136. The van der Waals surface area contributed by atoms with Crippen LogP contribution in [0.25, 0.3) is 0 Å². The van der Waals surface area contributed by atoms with E-state index >= 15 is 0 Å². The number of nitrogens with zero attached hydrogens (tertiary/aromatic N) is 1. The van der Waals surface area contributed by atoms with Crippen LogP contribution in [0.2, 0.25) is 5.02 Å². The molecule has 0 bridgehead atoms. The summed E-state index contributed by atoms with van der Waals surface area (Å²) in [4.78, 5) is 38.4. The minimum absolute atomic E-state index is 0.187. The normalized spacial score (nSPS) is 13.9. The van der Waals surface area contributed by atoms with Crippen LogP contribution in [0.1, 0.15) is 12.8 Å². The van der Waals surface area contributed by atoms with Crippen LogP contribution in [0, 0.1) is 5.92 Å². The van der Waals surface area contributed by atoms with Gasteiger partial charge in [-0.15, -0.1) is 0 Å². The topological polar surface area (TPSA) is 99.8 Å². The van der Waals surface area contributed by atoms with Gasteiger partial charge in [0, 0.05) is 19.6 Å². The number of anilines is 2. The second-order valence-corrected chi connectivity index (χ2v) is 7.61. The maximum absolute atomic E-state index is 12.5. The van der Waals surface area contributed by atoms with Crippen LogP contribution in [0.3, 0.4) is 0 Å². The minimum Gasteiger partial charge on any atom is -0.495 e. The van der Waals surface area contributed by atoms with Gasteiger partial charge in [0.25, 0.3) is 0 Å². The Morgan fingerprint density at radius 3 is 2.29 bits per heavy atom. The summed E-state index contributed by atoms with van der Waals surface area (Å²) >= 11 is 5.99. The van der Waals surface area contributed by atoms with Crippen LogP contribution in [-0.4, -0.2) is 49.5 Å². The van der Waals surface area contributed by atoms with Crippen molar-refractivity contribution < 1.29 is 19.1 Å². The molecule has 8 nitrogen and oxygen atoms in total. The van der Waals surface area contributed by atoms with E-state index in [1.54, 1.807) is 48.4 Å². The Morgan fingerprint density at radius 1 is 0.968 bits per heavy atom. The number of hydrogen-bond acceptors (Lipinski definition) is 4. The molecule has 2 aromatic carbocycles. The van der Waals surface area contributed by atoms with Gasteiger partial charge in [-0.25, -0.2) is 4.79 Å². The van der Waals surface area contributed by atoms with Crippen LogP contribution >= 0.6 is 11.6 Å². The lowest BCUT2D eigenvalue weighted by Crippen LogP contribution is -2.44. The van der Waals surface area contributed by atoms with Crippen molar-refractivity contribution in [2.75, 3.05) is 37.4 Å². The largest absolute Gasteiger partial charge is 0.495 e. The quantitative estimate of drug-likeness (QED) is 0.616. The van der Waals surface area contributed by atoms with Crippen molar-refractivity contribution in [3.05, 3.63) is 53.6 Å². The number of halogens is 1. The van der Waals surface area contributed by atoms with Gasteiger partial charge in [-0.1, -0.05) is 35.9 Å². The monoisotopic (exact) mass is 444 g/mol. The number of rotatable bonds is 5. The zero-order valence-corrected chi connectivity index (χ0v) is 17.9. The maximum atomic E-state index is 12.5. The fourth-order valence-corrected chi connectivity index (χ4v) is 3.52. The smallest absolute Gasteiger partial charge is 0.321 e. The zero-order chi connectivity index (χ0) is 22.2. The molecule has 0 spiro atoms. The van der Waals surface area contributed by atoms with E-state index < -0.39 is 11.8 Å². The first kappa shape index (κ1) is 22.4. The summed E-state index contributed by atoms with van der Waals surface area (Å²) in [5.74, 6) is -0.686. The second-order valence-electron chi connectivity index (χ2n) is 7.20. The van der Waals surface area contributed by atoms with E-state index in [0.29, 0.717) is 41.8 Å². The molecule has 9 heteroatoms. The summed E-state index contributed by atoms with van der Waals surface area (Å²) in [6, 6.07) is 13.8. The number of hydrogen-bond donors (Lipinski definition) is 3. The Kier molecular flexibility index (Phi) is 7.72. The lowest BCUT2D eigenvalue weighted by Gasteiger charge is -2.32. The molecule has 2 aromatic rings. The SMILES string of the molecule is COc1ccccc1NC(=O)N1CCC(CNC(=O)C(=O)Nc2ccccc2Cl)CC1. The van der Waals surface area contributed by atoms with Gasteiger partial charge in [0.05, 0.1) is 23.5 Å². The molecule has 4 amide bonds. The summed E-state index contributed by atoms with van der Waals surface area (Å²) in [6.07, 6.45) is 1.46. The number of carbonyl (C=O) groups excluding carboxylic acids is 3. The Hall–Kier alpha value is -3.26. The number of ether oxygens (including phenoxy) is 1. The summed E-state index contributed by atoms with van der Waals surface area (Å²) in [6.45, 7) is 1.50. The second kappa shape index (κ2) is 10.7. The highest BCUT2D eigenvalue weighted by Crippen LogP contribution is 2.24. The van der Waals surface area contributed by atoms with Crippen molar-refractivity contribution in [2.24, 2.45) is 5.92 Å². The van der Waals surface area contributed by atoms with Crippen molar-refractivity contribution in [1.29, 1.82) is 0 Å². The highest BCUT2D eigenvalue weighted by Gasteiger charge is 2.24. The molecule has 1 aliphatic heterocycles. The van der Waals surface area contributed by atoms with Crippen LogP contribution in [-0.2, 0) is 9.59 Å². The molecule has 3 rings (SSSR count). The molecule has 31 heavy (non-hydrogen) atoms. The van der Waals surface area contributed by atoms with Crippen LogP contribution in [0.5, 0.6) is 5.75 Å². The van der Waals surface area contributed by atoms with Gasteiger partial charge in [0.1, 0.15) is 5.75 Å². The molecule has 3 N–H and O–H groups in total. The molecule has 0 atom stereocenters. The Bertz CT molecular complexity index is 945. The number of carbonyl (C=O) groups is 3. The van der Waals surface area contributed by atoms with Gasteiger partial charge in [-0.2, -0.15) is 0 Å². The van der Waals surface area contributed by atoms with E-state index in [0.717, 1.165) is 12.8 Å². The minimum atomic E-state index is -0.762. The highest BCUT2D eigenvalue weighted by atomic mass is 35.5. The average Bonchev–Trinajstić information content (AvgIpc) is 2.79. The van der Waals surface area contributed by atoms with Gasteiger partial charge < -0.3 is 25.6 Å². The first-order chi connectivity index (χ1) is 15.0. The third-order valence-corrected chi connectivity index (χ3v) is 5.46. The number of nitrogens with one attached hydrogen (secondary N) is 3. The van der Waals surface area contributed by atoms with Gasteiger partial charge in [0.15, 0.2) is 0 Å². The number of amides is 4. The predicted octanol–water partition coefficient (Wildman–Crippen LogP) is 3.35. The Labute approximate surface area is 185 Å². The van der Waals surface area contributed by atoms with Crippen LogP contribution < -0.4 is 20.7 Å². The number of likely N-dealkylation sites (tertiary alicyclic amines) is 1. The summed E-state index contributed by atoms with van der Waals surface area (Å²) in [7, 11) is 1.56. The molecule has 1 aliphatic rings. The number of piperidine rings is 1. The number of benzene rings is 2. The fraction of sp³-hybridized carbons (Fsp3) is 0.318. The molecule has 0 unspecified atom stereocenters. The highest BCUT2D eigenvalue weighted by molar-refractivity contribution is 6.41. The summed E-state index contributed by atoms with van der Waals surface area (Å²) < 4.78 is 5.25. The average molecular weight is 445 g/mol. The third kappa shape index (κ3) is 6.11. The molecule has 0 radical (unpaired) electrons. The first-order valence-corrected chi connectivity index (χ1v) is 10.4. The standard InChI is InChI=1S/C22H25ClN4O4/c1-31-19-9-5-4-8-18(19)26-22(30)27-12-10-15(11-13-27)14-24-20(28)21(29)25-17-7-3-2-6-16(17)23/h2-9,15H,10-14H2,1H3,(H,24,28)(H,25,29)(H,26,30). The molecule has 1 saturated heterocycles. The van der Waals surface area contributed by atoms with Crippen LogP contribution in [0.4, 0.5) is 16.2 Å². The Balaban J connectivity index is 1.41. The maximum Gasteiger partial charge on any atom is 0.321 e. The molecule has 1 fully saturated rings. The molecular formula is C22H25ClN4O4. The van der Waals surface area contributed by atoms with Crippen molar-refractivity contribution in [3.63, 3.8) is 0 Å². The van der Waals surface area contributed by atoms with Crippen molar-refractivity contribution >= 4 is 40.8 Å². The van der Waals surface area contributed by atoms with E-state index in [-0.39, 0.29) is 11.9 Å². The molecule has 0 aromatic heterocycles. The predicted molar refractivity (Wildman–Crippen MR) is 119 cm³/mol. The number of urea groups is 1. The van der Waals surface area contributed by atoms with E-state index in [4.69, 9.17) is 16.3 Å². The molecule has 0 saturated carbocycles. The van der Waals surface area contributed by atoms with E-state index in [9.17, 15) is 14.4 Å². The lowest BCUT2D eigenvalue weighted by atomic mass is 9.97.